The van der Waals surface area contributed by atoms with Gasteiger partial charge in [0.15, 0.2) is 0 Å². The molecule has 1 aromatic heterocycles. The van der Waals surface area contributed by atoms with E-state index in [0.29, 0.717) is 17.0 Å². The Morgan fingerprint density at radius 1 is 1.33 bits per heavy atom. The second-order valence-corrected chi connectivity index (χ2v) is 4.85. The molecule has 4 heteroatoms. The average molecular weight is 268 g/mol. The Hall–Kier alpha value is -1.32. The maximum absolute atomic E-state index is 13.6. The van der Waals surface area contributed by atoms with Gasteiger partial charge in [-0.25, -0.2) is 4.39 Å². The lowest BCUT2D eigenvalue weighted by molar-refractivity contribution is 0.496. The minimum Gasteiger partial charge on any atom is -0.466 e. The van der Waals surface area contributed by atoms with Crippen molar-refractivity contribution in [3.63, 3.8) is 0 Å². The second-order valence-electron chi connectivity index (χ2n) is 4.41. The largest absolute Gasteiger partial charge is 0.466 e. The molecule has 0 fully saturated rings. The van der Waals surface area contributed by atoms with Gasteiger partial charge in [0.25, 0.3) is 0 Å². The van der Waals surface area contributed by atoms with Crippen LogP contribution in [0.25, 0.3) is 0 Å². The molecule has 96 valence electrons. The molecule has 1 aromatic carbocycles. The Bertz CT molecular complexity index is 565. The lowest BCUT2D eigenvalue weighted by Gasteiger charge is -2.11. The highest BCUT2D eigenvalue weighted by Gasteiger charge is 2.15. The van der Waals surface area contributed by atoms with Crippen LogP contribution in [0.4, 0.5) is 4.39 Å². The fourth-order valence-electron chi connectivity index (χ4n) is 2.07. The molecular formula is C14H15ClFNO. The Kier molecular flexibility index (Phi) is 3.73. The minimum atomic E-state index is -0.296. The number of furan rings is 1. The lowest BCUT2D eigenvalue weighted by atomic mass is 9.99. The molecule has 1 atom stereocenters. The van der Waals surface area contributed by atoms with Gasteiger partial charge in [-0.05, 0) is 50.1 Å². The van der Waals surface area contributed by atoms with E-state index in [-0.39, 0.29) is 11.9 Å². The van der Waals surface area contributed by atoms with Crippen LogP contribution >= 0.6 is 11.6 Å². The van der Waals surface area contributed by atoms with E-state index in [0.717, 1.165) is 17.1 Å². The molecule has 2 rings (SSSR count). The van der Waals surface area contributed by atoms with E-state index in [1.54, 1.807) is 6.07 Å². The molecule has 0 aliphatic rings. The zero-order valence-corrected chi connectivity index (χ0v) is 11.1. The van der Waals surface area contributed by atoms with Crippen LogP contribution in [0.1, 0.15) is 28.7 Å². The van der Waals surface area contributed by atoms with Gasteiger partial charge in [0, 0.05) is 16.6 Å². The van der Waals surface area contributed by atoms with Gasteiger partial charge < -0.3 is 10.2 Å². The van der Waals surface area contributed by atoms with E-state index in [9.17, 15) is 4.39 Å². The van der Waals surface area contributed by atoms with Gasteiger partial charge in [-0.2, -0.15) is 0 Å². The van der Waals surface area contributed by atoms with Crippen LogP contribution in [0.3, 0.4) is 0 Å². The van der Waals surface area contributed by atoms with Crippen molar-refractivity contribution in [3.8, 4) is 0 Å². The molecule has 0 saturated heterocycles. The van der Waals surface area contributed by atoms with Gasteiger partial charge in [0.2, 0.25) is 0 Å². The van der Waals surface area contributed by atoms with E-state index in [1.807, 2.05) is 19.9 Å². The van der Waals surface area contributed by atoms with Crippen molar-refractivity contribution in [1.82, 2.24) is 0 Å². The van der Waals surface area contributed by atoms with Crippen molar-refractivity contribution in [2.45, 2.75) is 26.3 Å². The third-order valence-corrected chi connectivity index (χ3v) is 3.16. The molecule has 0 amide bonds. The molecule has 1 unspecified atom stereocenters. The van der Waals surface area contributed by atoms with Crippen molar-refractivity contribution in [2.24, 2.45) is 5.73 Å². The average Bonchev–Trinajstić information content (AvgIpc) is 2.63. The third kappa shape index (κ3) is 2.74. The number of rotatable bonds is 3. The van der Waals surface area contributed by atoms with Crippen LogP contribution in [0.5, 0.6) is 0 Å². The Morgan fingerprint density at radius 2 is 2.06 bits per heavy atom. The van der Waals surface area contributed by atoms with E-state index in [1.165, 1.54) is 12.1 Å². The normalized spacial score (nSPS) is 12.7. The summed E-state index contributed by atoms with van der Waals surface area (Å²) < 4.78 is 19.0. The zero-order chi connectivity index (χ0) is 13.3. The monoisotopic (exact) mass is 267 g/mol. The number of hydrogen-bond donors (Lipinski definition) is 1. The topological polar surface area (TPSA) is 39.2 Å². The van der Waals surface area contributed by atoms with E-state index < -0.39 is 0 Å². The molecule has 0 aliphatic carbocycles. The predicted octanol–water partition coefficient (Wildman–Crippen LogP) is 3.93. The summed E-state index contributed by atoms with van der Waals surface area (Å²) in [6.07, 6.45) is 0.395. The standard InChI is InChI=1S/C14H15ClFNO/c1-8-5-12(9(2)18-8)14(17)7-10-6-11(15)3-4-13(10)16/h3-6,14H,7,17H2,1-2H3. The molecule has 2 aromatic rings. The van der Waals surface area contributed by atoms with Crippen LogP contribution in [-0.4, -0.2) is 0 Å². The highest BCUT2D eigenvalue weighted by Crippen LogP contribution is 2.25. The van der Waals surface area contributed by atoms with Crippen molar-refractivity contribution in [3.05, 3.63) is 57.8 Å². The molecule has 0 aliphatic heterocycles. The first-order valence-electron chi connectivity index (χ1n) is 5.74. The molecule has 1 heterocycles. The molecular weight excluding hydrogens is 253 g/mol. The maximum Gasteiger partial charge on any atom is 0.126 e. The smallest absolute Gasteiger partial charge is 0.126 e. The van der Waals surface area contributed by atoms with Crippen LogP contribution in [0.15, 0.2) is 28.7 Å². The number of nitrogens with two attached hydrogens (primary N) is 1. The number of halogens is 2. The van der Waals surface area contributed by atoms with Crippen LogP contribution in [0.2, 0.25) is 5.02 Å². The second kappa shape index (κ2) is 5.12. The highest BCUT2D eigenvalue weighted by atomic mass is 35.5. The number of aryl methyl sites for hydroxylation is 2. The van der Waals surface area contributed by atoms with Crippen molar-refractivity contribution in [1.29, 1.82) is 0 Å². The summed E-state index contributed by atoms with van der Waals surface area (Å²) in [5.74, 6) is 1.31. The van der Waals surface area contributed by atoms with E-state index in [2.05, 4.69) is 0 Å². The molecule has 0 radical (unpaired) electrons. The van der Waals surface area contributed by atoms with Crippen molar-refractivity contribution < 1.29 is 8.81 Å². The van der Waals surface area contributed by atoms with Gasteiger partial charge in [-0.15, -0.1) is 0 Å². The molecule has 2 N–H and O–H groups in total. The lowest BCUT2D eigenvalue weighted by Crippen LogP contribution is -2.14. The summed E-state index contributed by atoms with van der Waals surface area (Å²) in [7, 11) is 0. The van der Waals surface area contributed by atoms with Crippen LogP contribution in [0, 0.1) is 19.7 Å². The first-order chi connectivity index (χ1) is 8.47. The summed E-state index contributed by atoms with van der Waals surface area (Å²) in [4.78, 5) is 0. The van der Waals surface area contributed by atoms with Crippen molar-refractivity contribution in [2.75, 3.05) is 0 Å². The van der Waals surface area contributed by atoms with Gasteiger partial charge in [-0.1, -0.05) is 11.6 Å². The summed E-state index contributed by atoms with van der Waals surface area (Å²) in [6.45, 7) is 3.72. The molecule has 0 bridgehead atoms. The van der Waals surface area contributed by atoms with Gasteiger partial charge in [0.05, 0.1) is 0 Å². The Balaban J connectivity index is 2.23. The molecule has 18 heavy (non-hydrogen) atoms. The van der Waals surface area contributed by atoms with Gasteiger partial charge >= 0.3 is 0 Å². The molecule has 0 saturated carbocycles. The summed E-state index contributed by atoms with van der Waals surface area (Å²) in [6, 6.07) is 6.09. The number of hydrogen-bond acceptors (Lipinski definition) is 2. The van der Waals surface area contributed by atoms with Gasteiger partial charge in [0.1, 0.15) is 17.3 Å². The Morgan fingerprint density at radius 3 is 2.67 bits per heavy atom. The minimum absolute atomic E-state index is 0.285. The van der Waals surface area contributed by atoms with Crippen LogP contribution in [-0.2, 0) is 6.42 Å². The Labute approximate surface area is 111 Å². The maximum atomic E-state index is 13.6. The first-order valence-corrected chi connectivity index (χ1v) is 6.11. The van der Waals surface area contributed by atoms with E-state index >= 15 is 0 Å². The zero-order valence-electron chi connectivity index (χ0n) is 10.3. The number of benzene rings is 1. The van der Waals surface area contributed by atoms with E-state index in [4.69, 9.17) is 21.8 Å². The summed E-state index contributed by atoms with van der Waals surface area (Å²) >= 11 is 5.86. The summed E-state index contributed by atoms with van der Waals surface area (Å²) in [5, 5.41) is 0.513. The highest BCUT2D eigenvalue weighted by molar-refractivity contribution is 6.30. The predicted molar refractivity (Wildman–Crippen MR) is 70.2 cm³/mol. The van der Waals surface area contributed by atoms with Gasteiger partial charge in [-0.3, -0.25) is 0 Å². The first kappa shape index (κ1) is 13.1. The molecule has 0 spiro atoms. The van der Waals surface area contributed by atoms with Crippen LogP contribution < -0.4 is 5.73 Å². The van der Waals surface area contributed by atoms with Crippen molar-refractivity contribution >= 4 is 11.6 Å². The fraction of sp³-hybridized carbons (Fsp3) is 0.286. The fourth-order valence-corrected chi connectivity index (χ4v) is 2.26. The SMILES string of the molecule is Cc1cc(C(N)Cc2cc(Cl)ccc2F)c(C)o1. The molecule has 2 nitrogen and oxygen atoms in total. The quantitative estimate of drug-likeness (QED) is 0.915. The summed E-state index contributed by atoms with van der Waals surface area (Å²) in [5.41, 5.74) is 7.52. The third-order valence-electron chi connectivity index (χ3n) is 2.93.